The summed E-state index contributed by atoms with van der Waals surface area (Å²) >= 11 is 0. The number of aliphatic hydroxyl groups is 1. The summed E-state index contributed by atoms with van der Waals surface area (Å²) in [6.07, 6.45) is 0. The zero-order valence-electron chi connectivity index (χ0n) is 12.6. The van der Waals surface area contributed by atoms with Crippen LogP contribution in [0.4, 0.5) is 4.39 Å². The Labute approximate surface area is 125 Å². The molecule has 1 aromatic carbocycles. The maximum atomic E-state index is 13.6. The second-order valence-electron chi connectivity index (χ2n) is 4.57. The van der Waals surface area contributed by atoms with Crippen molar-refractivity contribution in [1.82, 2.24) is 4.90 Å². The van der Waals surface area contributed by atoms with E-state index in [0.717, 1.165) is 18.7 Å². The molecule has 1 aromatic rings. The summed E-state index contributed by atoms with van der Waals surface area (Å²) in [5, 5.41) is 8.70. The fourth-order valence-corrected chi connectivity index (χ4v) is 1.92. The van der Waals surface area contributed by atoms with Crippen molar-refractivity contribution in [2.45, 2.75) is 6.54 Å². The van der Waals surface area contributed by atoms with Gasteiger partial charge in [-0.2, -0.15) is 0 Å². The quantitative estimate of drug-likeness (QED) is 0.733. The lowest BCUT2D eigenvalue weighted by Gasteiger charge is -2.21. The number of nitrogens with zero attached hydrogens (tertiary/aromatic N) is 1. The Kier molecular flexibility index (Phi) is 8.63. The number of halogens is 1. The lowest BCUT2D eigenvalue weighted by atomic mass is 10.1. The summed E-state index contributed by atoms with van der Waals surface area (Å²) in [6, 6.07) is 4.69. The molecule has 0 saturated carbocycles. The van der Waals surface area contributed by atoms with Gasteiger partial charge in [0, 0.05) is 39.4 Å². The van der Waals surface area contributed by atoms with Crippen LogP contribution in [0.15, 0.2) is 18.2 Å². The van der Waals surface area contributed by atoms with Crippen LogP contribution in [-0.2, 0) is 16.0 Å². The molecule has 0 amide bonds. The number of hydrogen-bond donors (Lipinski definition) is 1. The summed E-state index contributed by atoms with van der Waals surface area (Å²) < 4.78 is 23.8. The first kappa shape index (κ1) is 17.6. The third-order valence-electron chi connectivity index (χ3n) is 2.90. The number of hydrogen-bond acceptors (Lipinski definition) is 4. The highest BCUT2D eigenvalue weighted by Gasteiger charge is 2.07. The van der Waals surface area contributed by atoms with Gasteiger partial charge in [0.2, 0.25) is 0 Å². The Morgan fingerprint density at radius 2 is 1.81 bits per heavy atom. The van der Waals surface area contributed by atoms with Gasteiger partial charge < -0.3 is 14.6 Å². The standard InChI is InChI=1S/C16H22FNO3/c1-20-8-5-18(6-9-21-2)13-15-10-14(4-3-7-19)11-16(17)12-15/h10-12,19H,5-9,13H2,1-2H3. The first-order valence-corrected chi connectivity index (χ1v) is 6.79. The Balaban J connectivity index is 2.78. The van der Waals surface area contributed by atoms with Crippen LogP contribution in [0.3, 0.4) is 0 Å². The number of ether oxygens (including phenoxy) is 2. The van der Waals surface area contributed by atoms with E-state index in [9.17, 15) is 4.39 Å². The largest absolute Gasteiger partial charge is 0.384 e. The Hall–Kier alpha value is -1.45. The highest BCUT2D eigenvalue weighted by atomic mass is 19.1. The highest BCUT2D eigenvalue weighted by molar-refractivity contribution is 5.37. The van der Waals surface area contributed by atoms with E-state index < -0.39 is 0 Å². The van der Waals surface area contributed by atoms with Gasteiger partial charge in [0.05, 0.1) is 13.2 Å². The van der Waals surface area contributed by atoms with Gasteiger partial charge in [-0.05, 0) is 23.8 Å². The summed E-state index contributed by atoms with van der Waals surface area (Å²) in [5.74, 6) is 4.93. The van der Waals surface area contributed by atoms with Gasteiger partial charge >= 0.3 is 0 Å². The zero-order chi connectivity index (χ0) is 15.5. The van der Waals surface area contributed by atoms with E-state index >= 15 is 0 Å². The van der Waals surface area contributed by atoms with E-state index in [0.29, 0.717) is 25.3 Å². The third-order valence-corrected chi connectivity index (χ3v) is 2.90. The van der Waals surface area contributed by atoms with Crippen LogP contribution in [0, 0.1) is 17.7 Å². The van der Waals surface area contributed by atoms with E-state index in [-0.39, 0.29) is 12.4 Å². The van der Waals surface area contributed by atoms with E-state index in [1.54, 1.807) is 14.2 Å². The molecule has 1 rings (SSSR count). The van der Waals surface area contributed by atoms with Crippen molar-refractivity contribution < 1.29 is 19.0 Å². The van der Waals surface area contributed by atoms with Crippen LogP contribution in [0.2, 0.25) is 0 Å². The minimum atomic E-state index is -0.326. The molecule has 0 unspecified atom stereocenters. The van der Waals surface area contributed by atoms with Gasteiger partial charge in [0.1, 0.15) is 12.4 Å². The molecule has 0 saturated heterocycles. The highest BCUT2D eigenvalue weighted by Crippen LogP contribution is 2.11. The summed E-state index contributed by atoms with van der Waals surface area (Å²) in [5.41, 5.74) is 1.40. The smallest absolute Gasteiger partial charge is 0.124 e. The second kappa shape index (κ2) is 10.3. The maximum Gasteiger partial charge on any atom is 0.124 e. The summed E-state index contributed by atoms with van der Waals surface area (Å²) in [4.78, 5) is 2.13. The molecule has 0 spiro atoms. The predicted molar refractivity (Wildman–Crippen MR) is 79.4 cm³/mol. The molecule has 21 heavy (non-hydrogen) atoms. The molecule has 0 aromatic heterocycles. The first-order chi connectivity index (χ1) is 10.2. The lowest BCUT2D eigenvalue weighted by Crippen LogP contribution is -2.30. The molecule has 0 aliphatic rings. The van der Waals surface area contributed by atoms with Crippen molar-refractivity contribution in [3.8, 4) is 11.8 Å². The van der Waals surface area contributed by atoms with Gasteiger partial charge in [-0.1, -0.05) is 11.8 Å². The molecular weight excluding hydrogens is 273 g/mol. The second-order valence-corrected chi connectivity index (χ2v) is 4.57. The summed E-state index contributed by atoms with van der Waals surface area (Å²) in [6.45, 7) is 3.06. The van der Waals surface area contributed by atoms with Crippen molar-refractivity contribution in [2.75, 3.05) is 47.1 Å². The minimum absolute atomic E-state index is 0.236. The summed E-state index contributed by atoms with van der Waals surface area (Å²) in [7, 11) is 3.30. The van der Waals surface area contributed by atoms with Gasteiger partial charge in [-0.15, -0.1) is 0 Å². The molecule has 116 valence electrons. The molecular formula is C16H22FNO3. The SMILES string of the molecule is COCCN(CCOC)Cc1cc(F)cc(C#CCO)c1. The van der Waals surface area contributed by atoms with Crippen LogP contribution >= 0.6 is 0 Å². The average molecular weight is 295 g/mol. The van der Waals surface area contributed by atoms with E-state index in [4.69, 9.17) is 14.6 Å². The number of methoxy groups -OCH3 is 2. The average Bonchev–Trinajstić information content (AvgIpc) is 2.47. The normalized spacial score (nSPS) is 10.5. The number of benzene rings is 1. The fourth-order valence-electron chi connectivity index (χ4n) is 1.92. The van der Waals surface area contributed by atoms with Gasteiger partial charge in [0.25, 0.3) is 0 Å². The van der Waals surface area contributed by atoms with E-state index in [2.05, 4.69) is 16.7 Å². The van der Waals surface area contributed by atoms with Crippen LogP contribution < -0.4 is 0 Å². The van der Waals surface area contributed by atoms with Crippen LogP contribution in [0.1, 0.15) is 11.1 Å². The van der Waals surface area contributed by atoms with Crippen molar-refractivity contribution >= 4 is 0 Å². The predicted octanol–water partition coefficient (Wildman–Crippen LogP) is 1.26. The van der Waals surface area contributed by atoms with Gasteiger partial charge in [-0.25, -0.2) is 4.39 Å². The molecule has 5 heteroatoms. The number of rotatable bonds is 8. The van der Waals surface area contributed by atoms with Crippen LogP contribution in [0.25, 0.3) is 0 Å². The molecule has 0 aliphatic heterocycles. The Bertz CT molecular complexity index is 474. The van der Waals surface area contributed by atoms with Gasteiger partial charge in [-0.3, -0.25) is 4.90 Å². The molecule has 0 radical (unpaired) electrons. The Morgan fingerprint density at radius 1 is 1.14 bits per heavy atom. The van der Waals surface area contributed by atoms with Crippen LogP contribution in [0.5, 0.6) is 0 Å². The van der Waals surface area contributed by atoms with Crippen molar-refractivity contribution in [1.29, 1.82) is 0 Å². The van der Waals surface area contributed by atoms with Gasteiger partial charge in [0.15, 0.2) is 0 Å². The van der Waals surface area contributed by atoms with Crippen molar-refractivity contribution in [2.24, 2.45) is 0 Å². The Morgan fingerprint density at radius 3 is 2.38 bits per heavy atom. The molecule has 0 fully saturated rings. The van der Waals surface area contributed by atoms with E-state index in [1.165, 1.54) is 12.1 Å². The molecule has 0 heterocycles. The van der Waals surface area contributed by atoms with Crippen LogP contribution in [-0.4, -0.2) is 57.1 Å². The first-order valence-electron chi connectivity index (χ1n) is 6.79. The maximum absolute atomic E-state index is 13.6. The molecule has 0 aliphatic carbocycles. The topological polar surface area (TPSA) is 41.9 Å². The minimum Gasteiger partial charge on any atom is -0.384 e. The lowest BCUT2D eigenvalue weighted by molar-refractivity contribution is 0.110. The third kappa shape index (κ3) is 7.21. The molecule has 0 bridgehead atoms. The fraction of sp³-hybridized carbons (Fsp3) is 0.500. The molecule has 0 atom stereocenters. The van der Waals surface area contributed by atoms with Crippen molar-refractivity contribution in [3.05, 3.63) is 35.1 Å². The number of aliphatic hydroxyl groups excluding tert-OH is 1. The molecule has 1 N–H and O–H groups in total. The van der Waals surface area contributed by atoms with E-state index in [1.807, 2.05) is 6.07 Å². The zero-order valence-corrected chi connectivity index (χ0v) is 12.6. The monoisotopic (exact) mass is 295 g/mol. The molecule has 4 nitrogen and oxygen atoms in total. The van der Waals surface area contributed by atoms with Crippen molar-refractivity contribution in [3.63, 3.8) is 0 Å².